The van der Waals surface area contributed by atoms with Crippen LogP contribution in [0, 0.1) is 13.8 Å². The molecule has 1 heterocycles. The number of nitrogens with one attached hydrogen (secondary N) is 2. The first-order valence-electron chi connectivity index (χ1n) is 10.1. The lowest BCUT2D eigenvalue weighted by Crippen LogP contribution is -2.37. The zero-order valence-electron chi connectivity index (χ0n) is 17.9. The van der Waals surface area contributed by atoms with Crippen LogP contribution in [0.4, 0.5) is 11.4 Å². The van der Waals surface area contributed by atoms with Crippen molar-refractivity contribution in [3.63, 3.8) is 0 Å². The average molecular weight is 429 g/mol. The number of aryl methyl sites for hydroxylation is 2. The van der Waals surface area contributed by atoms with E-state index in [0.29, 0.717) is 11.3 Å². The van der Waals surface area contributed by atoms with Crippen LogP contribution >= 0.6 is 0 Å². The first kappa shape index (κ1) is 21.0. The second-order valence-corrected chi connectivity index (χ2v) is 7.71. The molecule has 3 aromatic rings. The lowest BCUT2D eigenvalue weighted by molar-refractivity contribution is -0.112. The van der Waals surface area contributed by atoms with Crippen molar-refractivity contribution in [3.8, 4) is 11.5 Å². The summed E-state index contributed by atoms with van der Waals surface area (Å²) in [5.41, 5.74) is 10.5. The molecule has 1 aliphatic heterocycles. The van der Waals surface area contributed by atoms with Crippen LogP contribution in [0.15, 0.2) is 66.4 Å². The second-order valence-electron chi connectivity index (χ2n) is 7.71. The normalized spacial score (nSPS) is 14.2. The molecule has 7 heteroatoms. The van der Waals surface area contributed by atoms with Crippen molar-refractivity contribution < 1.29 is 19.8 Å². The molecule has 7 nitrogen and oxygen atoms in total. The van der Waals surface area contributed by atoms with Gasteiger partial charge in [0, 0.05) is 16.9 Å². The van der Waals surface area contributed by atoms with Crippen LogP contribution in [0.25, 0.3) is 5.57 Å². The zero-order valence-corrected chi connectivity index (χ0v) is 17.9. The van der Waals surface area contributed by atoms with Crippen molar-refractivity contribution in [3.05, 3.63) is 88.6 Å². The molecule has 4 rings (SSSR count). The summed E-state index contributed by atoms with van der Waals surface area (Å²) in [6, 6.07) is 17.0. The van der Waals surface area contributed by atoms with Gasteiger partial charge in [0.1, 0.15) is 11.5 Å². The highest BCUT2D eigenvalue weighted by Gasteiger charge is 2.35. The number of benzene rings is 3. The first-order chi connectivity index (χ1) is 15.3. The molecular weight excluding hydrogens is 406 g/mol. The molecule has 0 atom stereocenters. The van der Waals surface area contributed by atoms with Crippen molar-refractivity contribution in [2.45, 2.75) is 20.8 Å². The Morgan fingerprint density at radius 2 is 1.66 bits per heavy atom. The summed E-state index contributed by atoms with van der Waals surface area (Å²) in [7, 11) is 0. The third-order valence-electron chi connectivity index (χ3n) is 5.54. The fourth-order valence-electron chi connectivity index (χ4n) is 3.69. The monoisotopic (exact) mass is 429 g/mol. The summed E-state index contributed by atoms with van der Waals surface area (Å²) < 4.78 is 0. The highest BCUT2D eigenvalue weighted by molar-refractivity contribution is 6.35. The number of anilines is 2. The van der Waals surface area contributed by atoms with Gasteiger partial charge in [-0.1, -0.05) is 24.3 Å². The van der Waals surface area contributed by atoms with Gasteiger partial charge < -0.3 is 15.6 Å². The van der Waals surface area contributed by atoms with Crippen molar-refractivity contribution in [2.75, 3.05) is 4.90 Å². The SMILES string of the molecule is C/C(NNC(=O)c1cc(O)ccc1O)=C1/C(=O)N(c2ccc(C)c(C)c2)c2ccccc21. The molecule has 3 aromatic carbocycles. The first-order valence-corrected chi connectivity index (χ1v) is 10.1. The lowest BCUT2D eigenvalue weighted by Gasteiger charge is -2.18. The number of allylic oxidation sites excluding steroid dienone is 1. The summed E-state index contributed by atoms with van der Waals surface area (Å²) in [6.45, 7) is 5.71. The lowest BCUT2D eigenvalue weighted by atomic mass is 10.1. The second kappa shape index (κ2) is 8.11. The van der Waals surface area contributed by atoms with Gasteiger partial charge in [0.2, 0.25) is 0 Å². The molecule has 0 fully saturated rings. The van der Waals surface area contributed by atoms with Crippen molar-refractivity contribution >= 4 is 28.8 Å². The van der Waals surface area contributed by atoms with Crippen LogP contribution in [-0.2, 0) is 4.79 Å². The number of phenols is 2. The number of amides is 2. The van der Waals surface area contributed by atoms with Crippen LogP contribution in [-0.4, -0.2) is 22.0 Å². The van der Waals surface area contributed by atoms with Gasteiger partial charge in [-0.2, -0.15) is 0 Å². The summed E-state index contributed by atoms with van der Waals surface area (Å²) in [5, 5.41) is 19.5. The highest BCUT2D eigenvalue weighted by Crippen LogP contribution is 2.42. The average Bonchev–Trinajstić information content (AvgIpc) is 3.07. The molecule has 0 bridgehead atoms. The molecule has 0 saturated carbocycles. The van der Waals surface area contributed by atoms with Crippen LogP contribution in [0.5, 0.6) is 11.5 Å². The molecule has 0 spiro atoms. The topological polar surface area (TPSA) is 102 Å². The van der Waals surface area contributed by atoms with Gasteiger partial charge in [0.05, 0.1) is 16.8 Å². The Morgan fingerprint density at radius 1 is 0.906 bits per heavy atom. The van der Waals surface area contributed by atoms with Crippen molar-refractivity contribution in [2.24, 2.45) is 0 Å². The molecule has 162 valence electrons. The number of hydrogen-bond donors (Lipinski definition) is 4. The van der Waals surface area contributed by atoms with Crippen LogP contribution in [0.1, 0.15) is 34.0 Å². The van der Waals surface area contributed by atoms with E-state index >= 15 is 0 Å². The Hall–Kier alpha value is -4.26. The quantitative estimate of drug-likeness (QED) is 0.285. The van der Waals surface area contributed by atoms with Crippen LogP contribution < -0.4 is 15.8 Å². The maximum Gasteiger partial charge on any atom is 0.273 e. The third-order valence-corrected chi connectivity index (χ3v) is 5.54. The number of carbonyl (C=O) groups is 2. The number of fused-ring (bicyclic) bond motifs is 1. The van der Waals surface area contributed by atoms with Crippen LogP contribution in [0.2, 0.25) is 0 Å². The van der Waals surface area contributed by atoms with E-state index < -0.39 is 5.91 Å². The Labute approximate surface area is 185 Å². The molecule has 32 heavy (non-hydrogen) atoms. The molecule has 1 aliphatic rings. The number of hydrazine groups is 1. The molecule has 4 N–H and O–H groups in total. The van der Waals surface area contributed by atoms with Gasteiger partial charge in [-0.05, 0) is 68.3 Å². The predicted octanol–water partition coefficient (Wildman–Crippen LogP) is 4.06. The number of aromatic hydroxyl groups is 2. The number of carbonyl (C=O) groups excluding carboxylic acids is 2. The van der Waals surface area contributed by atoms with E-state index in [2.05, 4.69) is 10.9 Å². The summed E-state index contributed by atoms with van der Waals surface area (Å²) in [4.78, 5) is 27.6. The molecule has 2 amide bonds. The molecule has 0 saturated heterocycles. The minimum atomic E-state index is -0.650. The van der Waals surface area contributed by atoms with E-state index in [1.165, 1.54) is 12.1 Å². The Bertz CT molecular complexity index is 1280. The van der Waals surface area contributed by atoms with Crippen LogP contribution in [0.3, 0.4) is 0 Å². The van der Waals surface area contributed by atoms with Gasteiger partial charge in [0.15, 0.2) is 0 Å². The van der Waals surface area contributed by atoms with Gasteiger partial charge in [0.25, 0.3) is 11.8 Å². The number of nitrogens with zero attached hydrogens (tertiary/aromatic N) is 1. The van der Waals surface area contributed by atoms with E-state index in [-0.39, 0.29) is 23.0 Å². The minimum Gasteiger partial charge on any atom is -0.508 e. The van der Waals surface area contributed by atoms with Gasteiger partial charge >= 0.3 is 0 Å². The highest BCUT2D eigenvalue weighted by atomic mass is 16.3. The summed E-state index contributed by atoms with van der Waals surface area (Å²) >= 11 is 0. The maximum absolute atomic E-state index is 13.5. The maximum atomic E-state index is 13.5. The minimum absolute atomic E-state index is 0.0924. The Balaban J connectivity index is 1.66. The van der Waals surface area contributed by atoms with Gasteiger partial charge in [-0.3, -0.25) is 19.9 Å². The smallest absolute Gasteiger partial charge is 0.273 e. The van der Waals surface area contributed by atoms with E-state index in [1.807, 2.05) is 56.3 Å². The molecule has 0 radical (unpaired) electrons. The fourth-order valence-corrected chi connectivity index (χ4v) is 3.69. The summed E-state index contributed by atoms with van der Waals surface area (Å²) in [6.07, 6.45) is 0. The fraction of sp³-hybridized carbons (Fsp3) is 0.120. The van der Waals surface area contributed by atoms with E-state index in [9.17, 15) is 19.8 Å². The van der Waals surface area contributed by atoms with Crippen molar-refractivity contribution in [1.29, 1.82) is 0 Å². The number of para-hydroxylation sites is 1. The molecule has 0 unspecified atom stereocenters. The number of hydrogen-bond acceptors (Lipinski definition) is 5. The number of rotatable bonds is 4. The molecule has 0 aliphatic carbocycles. The standard InChI is InChI=1S/C25H23N3O4/c1-14-8-9-17(12-15(14)2)28-21-7-5-4-6-19(21)23(25(28)32)16(3)26-27-24(31)20-13-18(29)10-11-22(20)30/h4-13,26,29-30H,1-3H3,(H,27,31)/b23-16-. The third kappa shape index (κ3) is 3.65. The largest absolute Gasteiger partial charge is 0.508 e. The number of phenolic OH excluding ortho intramolecular Hbond substituents is 2. The summed E-state index contributed by atoms with van der Waals surface area (Å²) in [5.74, 6) is -1.28. The molecular formula is C25H23N3O4. The van der Waals surface area contributed by atoms with Gasteiger partial charge in [-0.15, -0.1) is 0 Å². The van der Waals surface area contributed by atoms with E-state index in [1.54, 1.807) is 11.8 Å². The predicted molar refractivity (Wildman–Crippen MR) is 122 cm³/mol. The van der Waals surface area contributed by atoms with Crippen molar-refractivity contribution in [1.82, 2.24) is 10.9 Å². The van der Waals surface area contributed by atoms with E-state index in [0.717, 1.165) is 34.1 Å². The van der Waals surface area contributed by atoms with E-state index in [4.69, 9.17) is 0 Å². The Morgan fingerprint density at radius 3 is 2.41 bits per heavy atom. The molecule has 0 aromatic heterocycles. The van der Waals surface area contributed by atoms with Gasteiger partial charge in [-0.25, -0.2) is 0 Å². The Kier molecular flexibility index (Phi) is 5.32. The zero-order chi connectivity index (χ0) is 23.0.